The Bertz CT molecular complexity index is 1600. The first-order valence-electron chi connectivity index (χ1n) is 11.1. The average Bonchev–Trinajstić information content (AvgIpc) is 3.24. The highest BCUT2D eigenvalue weighted by Gasteiger charge is 2.17. The van der Waals surface area contributed by atoms with Gasteiger partial charge in [-0.3, -0.25) is 4.72 Å². The van der Waals surface area contributed by atoms with Crippen LogP contribution >= 0.6 is 11.6 Å². The zero-order chi connectivity index (χ0) is 25.9. The number of H-pyrrole nitrogens is 1. The van der Waals surface area contributed by atoms with Crippen LogP contribution in [-0.4, -0.2) is 46.3 Å². The van der Waals surface area contributed by atoms with Crippen molar-refractivity contribution in [3.63, 3.8) is 0 Å². The van der Waals surface area contributed by atoms with Crippen molar-refractivity contribution in [1.29, 1.82) is 0 Å². The summed E-state index contributed by atoms with van der Waals surface area (Å²) in [5.41, 5.74) is 2.44. The van der Waals surface area contributed by atoms with Gasteiger partial charge < -0.3 is 15.4 Å². The van der Waals surface area contributed by atoms with Crippen molar-refractivity contribution in [3.05, 3.63) is 89.1 Å². The molecule has 0 radical (unpaired) electrons. The van der Waals surface area contributed by atoms with Crippen molar-refractivity contribution in [3.8, 4) is 0 Å². The fourth-order valence-corrected chi connectivity index (χ4v) is 6.15. The lowest BCUT2D eigenvalue weighted by Gasteiger charge is -2.14. The van der Waals surface area contributed by atoms with E-state index in [0.29, 0.717) is 34.8 Å². The molecule has 3 aromatic carbocycles. The van der Waals surface area contributed by atoms with E-state index in [1.807, 2.05) is 6.07 Å². The number of benzene rings is 3. The average molecular weight is 548 g/mol. The number of nitrogens with one attached hydrogen (secondary N) is 3. The monoisotopic (exact) mass is 547 g/mol. The lowest BCUT2D eigenvalue weighted by atomic mass is 10.1. The fraction of sp³-hybridized carbons (Fsp3) is 0.200. The van der Waals surface area contributed by atoms with Gasteiger partial charge in [0.05, 0.1) is 21.4 Å². The maximum absolute atomic E-state index is 12.6. The van der Waals surface area contributed by atoms with Crippen LogP contribution in [0.3, 0.4) is 0 Å². The molecule has 0 saturated heterocycles. The number of halogens is 1. The largest absolute Gasteiger partial charge is 0.387 e. The number of fused-ring (bicyclic) bond motifs is 1. The number of aromatic amines is 1. The molecule has 0 saturated carbocycles. The summed E-state index contributed by atoms with van der Waals surface area (Å²) in [6, 6.07) is 17.7. The summed E-state index contributed by atoms with van der Waals surface area (Å²) in [6.07, 6.45) is 2.75. The summed E-state index contributed by atoms with van der Waals surface area (Å²) >= 11 is 5.91. The third kappa shape index (κ3) is 6.08. The fourth-order valence-electron chi connectivity index (χ4n) is 3.94. The van der Waals surface area contributed by atoms with Gasteiger partial charge in [0.15, 0.2) is 9.84 Å². The smallest absolute Gasteiger partial charge is 0.261 e. The van der Waals surface area contributed by atoms with Gasteiger partial charge in [0.25, 0.3) is 10.0 Å². The number of hydrogen-bond donors (Lipinski definition) is 4. The van der Waals surface area contributed by atoms with Crippen molar-refractivity contribution in [2.45, 2.75) is 22.3 Å². The minimum Gasteiger partial charge on any atom is -0.387 e. The second kappa shape index (κ2) is 10.6. The standard InChI is InChI=1S/C25H26ClN3O5S2/c1-35(31,32)24-10-4-9-22-18(15-28-25(22)24)11-12-27-16-23(30)17-5-2-7-20(13-17)29-36(33,34)21-8-3-6-19(26)14-21/h2-10,13-15,23,27-30H,11-12,16H2,1H3/t23-/m0/s1. The summed E-state index contributed by atoms with van der Waals surface area (Å²) in [6.45, 7) is 0.801. The van der Waals surface area contributed by atoms with Gasteiger partial charge in [0.2, 0.25) is 0 Å². The number of para-hydroxylation sites is 1. The number of sulfonamides is 1. The summed E-state index contributed by atoms with van der Waals surface area (Å²) in [7, 11) is -7.17. The predicted molar refractivity (Wildman–Crippen MR) is 142 cm³/mol. The van der Waals surface area contributed by atoms with Gasteiger partial charge in [0.1, 0.15) is 0 Å². The highest BCUT2D eigenvalue weighted by molar-refractivity contribution is 7.92. The van der Waals surface area contributed by atoms with E-state index >= 15 is 0 Å². The third-order valence-corrected chi connectivity index (χ3v) is 8.45. The molecule has 11 heteroatoms. The highest BCUT2D eigenvalue weighted by Crippen LogP contribution is 2.26. The van der Waals surface area contributed by atoms with E-state index in [1.165, 1.54) is 18.4 Å². The number of aliphatic hydroxyl groups is 1. The minimum atomic E-state index is -3.83. The maximum Gasteiger partial charge on any atom is 0.261 e. The van der Waals surface area contributed by atoms with E-state index in [1.54, 1.807) is 54.7 Å². The SMILES string of the molecule is CS(=O)(=O)c1cccc2c(CCNC[C@H](O)c3cccc(NS(=O)(=O)c4cccc(Cl)c4)c3)c[nH]c12. The molecule has 1 aromatic heterocycles. The first kappa shape index (κ1) is 26.2. The zero-order valence-corrected chi connectivity index (χ0v) is 21.8. The van der Waals surface area contributed by atoms with Crippen molar-refractivity contribution < 1.29 is 21.9 Å². The maximum atomic E-state index is 12.6. The van der Waals surface area contributed by atoms with Crippen LogP contribution in [0.5, 0.6) is 0 Å². The van der Waals surface area contributed by atoms with Gasteiger partial charge in [-0.25, -0.2) is 16.8 Å². The van der Waals surface area contributed by atoms with Gasteiger partial charge in [-0.2, -0.15) is 0 Å². The summed E-state index contributed by atoms with van der Waals surface area (Å²) in [5, 5.41) is 15.0. The Morgan fingerprint density at radius 3 is 2.50 bits per heavy atom. The minimum absolute atomic E-state index is 0.0450. The molecule has 0 aliphatic heterocycles. The molecule has 36 heavy (non-hydrogen) atoms. The number of rotatable bonds is 10. The molecule has 8 nitrogen and oxygen atoms in total. The quantitative estimate of drug-likeness (QED) is 0.223. The Morgan fingerprint density at radius 2 is 1.75 bits per heavy atom. The van der Waals surface area contributed by atoms with E-state index in [4.69, 9.17) is 11.6 Å². The van der Waals surface area contributed by atoms with Crippen LogP contribution in [0.25, 0.3) is 10.9 Å². The molecule has 4 N–H and O–H groups in total. The molecule has 0 bridgehead atoms. The summed E-state index contributed by atoms with van der Waals surface area (Å²) in [4.78, 5) is 3.37. The topological polar surface area (TPSA) is 128 Å². The van der Waals surface area contributed by atoms with E-state index in [0.717, 1.165) is 10.9 Å². The lowest BCUT2D eigenvalue weighted by molar-refractivity contribution is 0.175. The number of anilines is 1. The zero-order valence-electron chi connectivity index (χ0n) is 19.4. The van der Waals surface area contributed by atoms with Gasteiger partial charge in [-0.15, -0.1) is 0 Å². The third-order valence-electron chi connectivity index (χ3n) is 5.70. The molecular weight excluding hydrogens is 522 g/mol. The van der Waals surface area contributed by atoms with Crippen LogP contribution in [0.15, 0.2) is 82.7 Å². The number of aliphatic hydroxyl groups excluding tert-OH is 1. The Morgan fingerprint density at radius 1 is 1.00 bits per heavy atom. The molecule has 190 valence electrons. The second-order valence-electron chi connectivity index (χ2n) is 8.42. The van der Waals surface area contributed by atoms with E-state index in [2.05, 4.69) is 15.0 Å². The molecular formula is C25H26ClN3O5S2. The number of hydrogen-bond acceptors (Lipinski definition) is 6. The Kier molecular flexibility index (Phi) is 7.72. The Labute approximate surface area is 215 Å². The second-order valence-corrected chi connectivity index (χ2v) is 12.5. The molecule has 0 unspecified atom stereocenters. The highest BCUT2D eigenvalue weighted by atomic mass is 35.5. The van der Waals surface area contributed by atoms with E-state index in [-0.39, 0.29) is 16.3 Å². The molecule has 1 atom stereocenters. The van der Waals surface area contributed by atoms with Gasteiger partial charge in [-0.1, -0.05) is 41.9 Å². The van der Waals surface area contributed by atoms with Gasteiger partial charge in [-0.05, 0) is 60.5 Å². The van der Waals surface area contributed by atoms with Crippen molar-refractivity contribution in [2.24, 2.45) is 0 Å². The van der Waals surface area contributed by atoms with E-state index < -0.39 is 26.0 Å². The van der Waals surface area contributed by atoms with Gasteiger partial charge in [0, 0.05) is 35.1 Å². The Hall–Kier alpha value is -2.89. The normalized spacial score (nSPS) is 13.1. The summed E-state index contributed by atoms with van der Waals surface area (Å²) < 4.78 is 51.8. The number of aromatic nitrogens is 1. The first-order chi connectivity index (χ1) is 17.0. The van der Waals surface area contributed by atoms with Crippen LogP contribution in [0, 0.1) is 0 Å². The van der Waals surface area contributed by atoms with Crippen LogP contribution < -0.4 is 10.0 Å². The van der Waals surface area contributed by atoms with Crippen molar-refractivity contribution in [2.75, 3.05) is 24.1 Å². The van der Waals surface area contributed by atoms with Crippen molar-refractivity contribution >= 4 is 48.1 Å². The summed E-state index contributed by atoms with van der Waals surface area (Å²) in [5.74, 6) is 0. The van der Waals surface area contributed by atoms with Crippen LogP contribution in [0.1, 0.15) is 17.2 Å². The van der Waals surface area contributed by atoms with E-state index in [9.17, 15) is 21.9 Å². The molecule has 4 aromatic rings. The molecule has 0 amide bonds. The molecule has 0 fully saturated rings. The molecule has 4 rings (SSSR count). The van der Waals surface area contributed by atoms with Crippen molar-refractivity contribution in [1.82, 2.24) is 10.3 Å². The van der Waals surface area contributed by atoms with Crippen LogP contribution in [-0.2, 0) is 26.3 Å². The van der Waals surface area contributed by atoms with Crippen LogP contribution in [0.2, 0.25) is 5.02 Å². The molecule has 0 aliphatic rings. The molecule has 0 spiro atoms. The lowest BCUT2D eigenvalue weighted by Crippen LogP contribution is -2.23. The predicted octanol–water partition coefficient (Wildman–Crippen LogP) is 3.89. The van der Waals surface area contributed by atoms with Gasteiger partial charge >= 0.3 is 0 Å². The molecule has 1 heterocycles. The Balaban J connectivity index is 1.36. The van der Waals surface area contributed by atoms with Crippen LogP contribution in [0.4, 0.5) is 5.69 Å². The number of sulfone groups is 1. The first-order valence-corrected chi connectivity index (χ1v) is 14.9. The molecule has 0 aliphatic carbocycles.